The Morgan fingerprint density at radius 1 is 1.19 bits per heavy atom. The van der Waals surface area contributed by atoms with E-state index >= 15 is 0 Å². The maximum atomic E-state index is 11.9. The summed E-state index contributed by atoms with van der Waals surface area (Å²) in [5, 5.41) is 18.8. The Bertz CT molecular complexity index is 329. The van der Waals surface area contributed by atoms with Gasteiger partial charge in [0.25, 0.3) is 0 Å². The van der Waals surface area contributed by atoms with Crippen LogP contribution in [0.25, 0.3) is 0 Å². The number of hydrogen-bond acceptors (Lipinski definition) is 4. The Hall–Kier alpha value is -1.10. The van der Waals surface area contributed by atoms with Crippen molar-refractivity contribution in [1.29, 1.82) is 0 Å². The number of aliphatic hydroxyl groups is 1. The molecule has 0 aromatic carbocycles. The molecular formula is C16H28O5. The normalized spacial score (nSPS) is 23.5. The van der Waals surface area contributed by atoms with E-state index in [1.54, 1.807) is 0 Å². The smallest absolute Gasteiger partial charge is 0.309 e. The summed E-state index contributed by atoms with van der Waals surface area (Å²) in [5.41, 5.74) is 0. The number of rotatable bonds is 9. The molecule has 5 nitrogen and oxygen atoms in total. The van der Waals surface area contributed by atoms with E-state index in [1.165, 1.54) is 0 Å². The molecule has 0 aromatic heterocycles. The summed E-state index contributed by atoms with van der Waals surface area (Å²) in [6, 6.07) is 0. The van der Waals surface area contributed by atoms with Crippen molar-refractivity contribution in [2.75, 3.05) is 6.61 Å². The molecule has 0 amide bonds. The summed E-state index contributed by atoms with van der Waals surface area (Å²) in [7, 11) is 0. The average Bonchev–Trinajstić information content (AvgIpc) is 2.49. The van der Waals surface area contributed by atoms with Gasteiger partial charge >= 0.3 is 11.9 Å². The van der Waals surface area contributed by atoms with Gasteiger partial charge in [-0.05, 0) is 25.7 Å². The molecule has 3 unspecified atom stereocenters. The Morgan fingerprint density at radius 3 is 2.57 bits per heavy atom. The molecule has 1 rings (SSSR count). The van der Waals surface area contributed by atoms with E-state index in [2.05, 4.69) is 6.92 Å². The first kappa shape index (κ1) is 18.0. The molecule has 21 heavy (non-hydrogen) atoms. The number of ether oxygens (including phenoxy) is 1. The fraction of sp³-hybridized carbons (Fsp3) is 0.875. The molecule has 0 heterocycles. The van der Waals surface area contributed by atoms with Crippen LogP contribution >= 0.6 is 0 Å². The van der Waals surface area contributed by atoms with E-state index in [4.69, 9.17) is 9.84 Å². The standard InChI is InChI=1S/C16H28O5/c1-2-3-4-5-9-14(17)11-21-16(20)13-8-6-7-12(10-13)15(18)19/h12-14,17H,2-11H2,1H3,(H,18,19). The second-order valence-corrected chi connectivity index (χ2v) is 6.03. The predicted octanol–water partition coefficient (Wildman–Crippen LogP) is 2.75. The highest BCUT2D eigenvalue weighted by Crippen LogP contribution is 2.30. The van der Waals surface area contributed by atoms with E-state index in [0.717, 1.165) is 32.1 Å². The lowest BCUT2D eigenvalue weighted by Gasteiger charge is -2.25. The molecule has 0 saturated heterocycles. The van der Waals surface area contributed by atoms with E-state index in [0.29, 0.717) is 25.7 Å². The highest BCUT2D eigenvalue weighted by Gasteiger charge is 2.32. The number of carbonyl (C=O) groups excluding carboxylic acids is 1. The third kappa shape index (κ3) is 6.93. The Balaban J connectivity index is 2.21. The molecule has 1 aliphatic carbocycles. The number of aliphatic hydroxyl groups excluding tert-OH is 1. The first-order chi connectivity index (χ1) is 10.0. The first-order valence-electron chi connectivity index (χ1n) is 8.12. The van der Waals surface area contributed by atoms with Crippen molar-refractivity contribution in [3.8, 4) is 0 Å². The molecular weight excluding hydrogens is 272 g/mol. The lowest BCUT2D eigenvalue weighted by Crippen LogP contribution is -2.30. The monoisotopic (exact) mass is 300 g/mol. The van der Waals surface area contributed by atoms with Crippen molar-refractivity contribution >= 4 is 11.9 Å². The van der Waals surface area contributed by atoms with Crippen LogP contribution in [0.15, 0.2) is 0 Å². The van der Waals surface area contributed by atoms with Crippen molar-refractivity contribution in [2.45, 2.75) is 70.8 Å². The third-order valence-electron chi connectivity index (χ3n) is 4.17. The molecule has 5 heteroatoms. The summed E-state index contributed by atoms with van der Waals surface area (Å²) in [4.78, 5) is 22.9. The van der Waals surface area contributed by atoms with Gasteiger partial charge in [-0.2, -0.15) is 0 Å². The van der Waals surface area contributed by atoms with Gasteiger partial charge in [0.2, 0.25) is 0 Å². The minimum absolute atomic E-state index is 0.0270. The number of carbonyl (C=O) groups is 2. The van der Waals surface area contributed by atoms with E-state index in [1.807, 2.05) is 0 Å². The lowest BCUT2D eigenvalue weighted by atomic mass is 9.81. The SMILES string of the molecule is CCCCCCC(O)COC(=O)C1CCCC(C(=O)O)C1. The molecule has 122 valence electrons. The highest BCUT2D eigenvalue weighted by molar-refractivity contribution is 5.75. The Morgan fingerprint density at radius 2 is 1.90 bits per heavy atom. The van der Waals surface area contributed by atoms with Gasteiger partial charge in [-0.15, -0.1) is 0 Å². The Kier molecular flexibility index (Phi) is 8.35. The molecule has 1 aliphatic rings. The van der Waals surface area contributed by atoms with Gasteiger partial charge < -0.3 is 14.9 Å². The molecule has 0 bridgehead atoms. The third-order valence-corrected chi connectivity index (χ3v) is 4.17. The second-order valence-electron chi connectivity index (χ2n) is 6.03. The van der Waals surface area contributed by atoms with Gasteiger partial charge in [-0.3, -0.25) is 9.59 Å². The predicted molar refractivity (Wildman–Crippen MR) is 78.8 cm³/mol. The average molecular weight is 300 g/mol. The number of aliphatic carboxylic acids is 1. The quantitative estimate of drug-likeness (QED) is 0.505. The largest absolute Gasteiger partial charge is 0.481 e. The maximum absolute atomic E-state index is 11.9. The van der Waals surface area contributed by atoms with Crippen molar-refractivity contribution in [3.63, 3.8) is 0 Å². The minimum atomic E-state index is -0.830. The summed E-state index contributed by atoms with van der Waals surface area (Å²) >= 11 is 0. The molecule has 1 saturated carbocycles. The van der Waals surface area contributed by atoms with Crippen LogP contribution in [0.2, 0.25) is 0 Å². The van der Waals surface area contributed by atoms with Crippen LogP contribution in [0.1, 0.15) is 64.7 Å². The topological polar surface area (TPSA) is 83.8 Å². The molecule has 1 fully saturated rings. The molecule has 2 N–H and O–H groups in total. The van der Waals surface area contributed by atoms with Gasteiger partial charge in [0.15, 0.2) is 0 Å². The maximum Gasteiger partial charge on any atom is 0.309 e. The molecule has 0 aromatic rings. The summed E-state index contributed by atoms with van der Waals surface area (Å²) in [5.74, 6) is -1.94. The number of esters is 1. The number of hydrogen-bond donors (Lipinski definition) is 2. The van der Waals surface area contributed by atoms with Crippen LogP contribution in [-0.2, 0) is 14.3 Å². The van der Waals surface area contributed by atoms with Crippen LogP contribution in [0, 0.1) is 11.8 Å². The van der Waals surface area contributed by atoms with Crippen LogP contribution < -0.4 is 0 Å². The molecule has 3 atom stereocenters. The Labute approximate surface area is 126 Å². The van der Waals surface area contributed by atoms with Gasteiger partial charge in [-0.25, -0.2) is 0 Å². The van der Waals surface area contributed by atoms with Crippen molar-refractivity contribution in [1.82, 2.24) is 0 Å². The molecule has 0 spiro atoms. The molecule has 0 aliphatic heterocycles. The van der Waals surface area contributed by atoms with E-state index in [-0.39, 0.29) is 18.5 Å². The fourth-order valence-electron chi connectivity index (χ4n) is 2.81. The minimum Gasteiger partial charge on any atom is -0.481 e. The highest BCUT2D eigenvalue weighted by atomic mass is 16.5. The zero-order chi connectivity index (χ0) is 15.7. The van der Waals surface area contributed by atoms with E-state index < -0.39 is 18.0 Å². The van der Waals surface area contributed by atoms with Crippen molar-refractivity contribution in [3.05, 3.63) is 0 Å². The number of unbranched alkanes of at least 4 members (excludes halogenated alkanes) is 3. The second kappa shape index (κ2) is 9.77. The summed E-state index contributed by atoms with van der Waals surface area (Å²) in [6.45, 7) is 2.16. The van der Waals surface area contributed by atoms with Crippen molar-refractivity contribution < 1.29 is 24.5 Å². The van der Waals surface area contributed by atoms with Crippen LogP contribution in [0.5, 0.6) is 0 Å². The first-order valence-corrected chi connectivity index (χ1v) is 8.12. The summed E-state index contributed by atoms with van der Waals surface area (Å²) in [6.07, 6.45) is 6.82. The fourth-order valence-corrected chi connectivity index (χ4v) is 2.81. The van der Waals surface area contributed by atoms with Gasteiger partial charge in [-0.1, -0.05) is 39.0 Å². The zero-order valence-corrected chi connectivity index (χ0v) is 12.9. The summed E-state index contributed by atoms with van der Waals surface area (Å²) < 4.78 is 5.15. The van der Waals surface area contributed by atoms with E-state index in [9.17, 15) is 14.7 Å². The molecule has 0 radical (unpaired) electrons. The van der Waals surface area contributed by atoms with Crippen LogP contribution in [0.3, 0.4) is 0 Å². The van der Waals surface area contributed by atoms with Gasteiger partial charge in [0.05, 0.1) is 17.9 Å². The van der Waals surface area contributed by atoms with Gasteiger partial charge in [0.1, 0.15) is 6.61 Å². The number of carboxylic acids is 1. The number of carboxylic acid groups (broad SMARTS) is 1. The van der Waals surface area contributed by atoms with Crippen LogP contribution in [0.4, 0.5) is 0 Å². The lowest BCUT2D eigenvalue weighted by molar-refractivity contribution is -0.155. The van der Waals surface area contributed by atoms with Crippen LogP contribution in [-0.4, -0.2) is 34.9 Å². The van der Waals surface area contributed by atoms with Crippen molar-refractivity contribution in [2.24, 2.45) is 11.8 Å². The van der Waals surface area contributed by atoms with Gasteiger partial charge in [0, 0.05) is 0 Å². The zero-order valence-electron chi connectivity index (χ0n) is 12.9.